The van der Waals surface area contributed by atoms with Crippen LogP contribution < -0.4 is 25.3 Å². The fourth-order valence-corrected chi connectivity index (χ4v) is 5.17. The summed E-state index contributed by atoms with van der Waals surface area (Å²) >= 11 is 0. The summed E-state index contributed by atoms with van der Waals surface area (Å²) in [6.45, 7) is 2.33. The van der Waals surface area contributed by atoms with Gasteiger partial charge in [0.2, 0.25) is 5.91 Å². The normalized spacial score (nSPS) is 13.6. The number of halogens is 1. The largest absolute Gasteiger partial charge is 0.364 e. The standard InChI is InChI=1S/C27H30N4O5S.ClH/c32-26(29-19-21-15-17-28-18-16-21)20-30-27(33)22-11-13-25(14-12-22)37(34,35)31(23-7-3-1-4-8-23)36-24-9-5-2-6-10-24;/h1-14,21,28H,15-20H2,(H,29,32)(H,30,33);1H. The van der Waals surface area contributed by atoms with Gasteiger partial charge in [0.15, 0.2) is 5.75 Å². The third-order valence-corrected chi connectivity index (χ3v) is 7.58. The molecule has 4 rings (SSSR count). The quantitative estimate of drug-likeness (QED) is 0.329. The van der Waals surface area contributed by atoms with E-state index in [1.54, 1.807) is 60.7 Å². The van der Waals surface area contributed by atoms with E-state index in [-0.39, 0.29) is 35.3 Å². The zero-order valence-corrected chi connectivity index (χ0v) is 22.3. The zero-order valence-electron chi connectivity index (χ0n) is 20.7. The molecule has 0 unspecified atom stereocenters. The molecule has 0 radical (unpaired) electrons. The van der Waals surface area contributed by atoms with Crippen molar-refractivity contribution in [1.82, 2.24) is 16.0 Å². The number of benzene rings is 3. The highest BCUT2D eigenvalue weighted by molar-refractivity contribution is 7.92. The summed E-state index contributed by atoms with van der Waals surface area (Å²) in [5.41, 5.74) is 0.559. The minimum atomic E-state index is -4.13. The molecule has 0 saturated carbocycles. The monoisotopic (exact) mass is 558 g/mol. The lowest BCUT2D eigenvalue weighted by atomic mass is 9.98. The molecule has 1 aliphatic heterocycles. The molecule has 3 N–H and O–H groups in total. The van der Waals surface area contributed by atoms with Gasteiger partial charge in [-0.25, -0.2) is 0 Å². The lowest BCUT2D eigenvalue weighted by Crippen LogP contribution is -2.40. The maximum atomic E-state index is 13.5. The predicted molar refractivity (Wildman–Crippen MR) is 148 cm³/mol. The van der Waals surface area contributed by atoms with Crippen LogP contribution in [0.2, 0.25) is 0 Å². The number of hydrogen-bond donors (Lipinski definition) is 3. The van der Waals surface area contributed by atoms with Crippen molar-refractivity contribution >= 4 is 39.9 Å². The summed E-state index contributed by atoms with van der Waals surface area (Å²) < 4.78 is 27.8. The SMILES string of the molecule is Cl.O=C(CNC(=O)c1ccc(S(=O)(=O)N(Oc2ccccc2)c2ccccc2)cc1)NCC1CCNCC1. The molecule has 1 heterocycles. The number of sulfonamides is 1. The minimum absolute atomic E-state index is 0. The molecular formula is C27H31ClN4O5S. The predicted octanol–water partition coefficient (Wildman–Crippen LogP) is 3.14. The van der Waals surface area contributed by atoms with Crippen LogP contribution in [0.25, 0.3) is 0 Å². The van der Waals surface area contributed by atoms with E-state index < -0.39 is 15.9 Å². The highest BCUT2D eigenvalue weighted by Crippen LogP contribution is 2.26. The second kappa shape index (κ2) is 13.8. The summed E-state index contributed by atoms with van der Waals surface area (Å²) in [5.74, 6) is 0.0603. The molecule has 1 saturated heterocycles. The van der Waals surface area contributed by atoms with E-state index in [0.29, 0.717) is 23.9 Å². The average Bonchev–Trinajstić information content (AvgIpc) is 2.95. The van der Waals surface area contributed by atoms with Crippen LogP contribution in [0.3, 0.4) is 0 Å². The summed E-state index contributed by atoms with van der Waals surface area (Å²) in [5, 5.41) is 8.72. The van der Waals surface area contributed by atoms with Crippen LogP contribution in [0.15, 0.2) is 89.8 Å². The van der Waals surface area contributed by atoms with Crippen LogP contribution in [-0.2, 0) is 14.8 Å². The van der Waals surface area contributed by atoms with Crippen molar-refractivity contribution in [3.63, 3.8) is 0 Å². The number of carbonyl (C=O) groups is 2. The number of hydrogen-bond acceptors (Lipinski definition) is 6. The summed E-state index contributed by atoms with van der Waals surface area (Å²) in [4.78, 5) is 30.4. The molecule has 3 aromatic carbocycles. The van der Waals surface area contributed by atoms with Crippen LogP contribution in [0.5, 0.6) is 5.75 Å². The number of carbonyl (C=O) groups excluding carboxylic acids is 2. The lowest BCUT2D eigenvalue weighted by Gasteiger charge is -2.24. The first-order valence-corrected chi connectivity index (χ1v) is 13.6. The van der Waals surface area contributed by atoms with Gasteiger partial charge in [-0.3, -0.25) is 9.59 Å². The Morgan fingerprint density at radius 3 is 2.11 bits per heavy atom. The topological polar surface area (TPSA) is 117 Å². The van der Waals surface area contributed by atoms with E-state index in [1.807, 2.05) is 0 Å². The first kappa shape index (κ1) is 29.0. The molecule has 0 spiro atoms. The first-order valence-electron chi connectivity index (χ1n) is 12.1. The van der Waals surface area contributed by atoms with Crippen molar-refractivity contribution in [2.45, 2.75) is 17.7 Å². The van der Waals surface area contributed by atoms with Crippen LogP contribution in [-0.4, -0.2) is 46.4 Å². The fourth-order valence-electron chi connectivity index (χ4n) is 3.91. The number of piperidine rings is 1. The maximum absolute atomic E-state index is 13.5. The van der Waals surface area contributed by atoms with Gasteiger partial charge in [0.1, 0.15) is 0 Å². The third kappa shape index (κ3) is 7.70. The Balaban J connectivity index is 0.00000400. The van der Waals surface area contributed by atoms with E-state index in [9.17, 15) is 18.0 Å². The lowest BCUT2D eigenvalue weighted by molar-refractivity contribution is -0.120. The molecule has 202 valence electrons. The van der Waals surface area contributed by atoms with Crippen LogP contribution in [0.4, 0.5) is 5.69 Å². The Morgan fingerprint density at radius 2 is 1.47 bits per heavy atom. The van der Waals surface area contributed by atoms with E-state index >= 15 is 0 Å². The molecule has 0 atom stereocenters. The first-order chi connectivity index (χ1) is 17.9. The van der Waals surface area contributed by atoms with Crippen molar-refractivity contribution in [3.8, 4) is 5.75 Å². The van der Waals surface area contributed by atoms with Gasteiger partial charge in [-0.1, -0.05) is 40.9 Å². The molecule has 2 amide bonds. The molecule has 0 bridgehead atoms. The molecule has 38 heavy (non-hydrogen) atoms. The molecule has 0 aliphatic carbocycles. The van der Waals surface area contributed by atoms with Crippen molar-refractivity contribution < 1.29 is 22.8 Å². The zero-order chi connectivity index (χ0) is 26.1. The number of nitrogens with one attached hydrogen (secondary N) is 3. The highest BCUT2D eigenvalue weighted by atomic mass is 35.5. The van der Waals surface area contributed by atoms with Crippen molar-refractivity contribution in [3.05, 3.63) is 90.5 Å². The highest BCUT2D eigenvalue weighted by Gasteiger charge is 2.28. The van der Waals surface area contributed by atoms with E-state index in [0.717, 1.165) is 30.4 Å². The van der Waals surface area contributed by atoms with Gasteiger partial charge in [0.05, 0.1) is 17.1 Å². The van der Waals surface area contributed by atoms with Gasteiger partial charge in [0, 0.05) is 12.1 Å². The number of anilines is 1. The fraction of sp³-hybridized carbons (Fsp3) is 0.259. The number of nitrogens with zero attached hydrogens (tertiary/aromatic N) is 1. The maximum Gasteiger partial charge on any atom is 0.295 e. The Hall–Kier alpha value is -3.60. The van der Waals surface area contributed by atoms with Crippen molar-refractivity contribution in [2.75, 3.05) is 30.6 Å². The molecule has 3 aromatic rings. The molecule has 1 aliphatic rings. The Bertz CT molecular complexity index is 1290. The second-order valence-corrected chi connectivity index (χ2v) is 10.4. The Labute approximate surface area is 229 Å². The van der Waals surface area contributed by atoms with E-state index in [2.05, 4.69) is 16.0 Å². The molecule has 1 fully saturated rings. The smallest absolute Gasteiger partial charge is 0.295 e. The van der Waals surface area contributed by atoms with Crippen molar-refractivity contribution in [1.29, 1.82) is 0 Å². The molecular weight excluding hydrogens is 528 g/mol. The average molecular weight is 559 g/mol. The van der Waals surface area contributed by atoms with Gasteiger partial charge in [-0.15, -0.1) is 12.4 Å². The summed E-state index contributed by atoms with van der Waals surface area (Å²) in [6, 6.07) is 22.5. The van der Waals surface area contributed by atoms with Gasteiger partial charge < -0.3 is 20.8 Å². The number of amides is 2. The summed E-state index contributed by atoms with van der Waals surface area (Å²) in [6.07, 6.45) is 2.03. The van der Waals surface area contributed by atoms with E-state index in [1.165, 1.54) is 24.3 Å². The summed E-state index contributed by atoms with van der Waals surface area (Å²) in [7, 11) is -4.13. The Morgan fingerprint density at radius 1 is 0.868 bits per heavy atom. The number of para-hydroxylation sites is 2. The van der Waals surface area contributed by atoms with Gasteiger partial charge in [0.25, 0.3) is 15.9 Å². The molecule has 0 aromatic heterocycles. The molecule has 11 heteroatoms. The van der Waals surface area contributed by atoms with E-state index in [4.69, 9.17) is 4.84 Å². The van der Waals surface area contributed by atoms with Crippen molar-refractivity contribution in [2.24, 2.45) is 5.92 Å². The van der Waals surface area contributed by atoms with Gasteiger partial charge in [-0.05, 0) is 80.4 Å². The third-order valence-electron chi connectivity index (χ3n) is 5.99. The van der Waals surface area contributed by atoms with Crippen LogP contribution >= 0.6 is 12.4 Å². The molecule has 9 nitrogen and oxygen atoms in total. The number of rotatable bonds is 10. The van der Waals surface area contributed by atoms with Gasteiger partial charge in [-0.2, -0.15) is 8.42 Å². The van der Waals surface area contributed by atoms with Crippen LogP contribution in [0.1, 0.15) is 23.2 Å². The van der Waals surface area contributed by atoms with Gasteiger partial charge >= 0.3 is 0 Å². The second-order valence-electron chi connectivity index (χ2n) is 8.68. The minimum Gasteiger partial charge on any atom is -0.364 e. The Kier molecular flexibility index (Phi) is 10.5. The van der Waals surface area contributed by atoms with Crippen LogP contribution in [0, 0.1) is 5.92 Å².